The van der Waals surface area contributed by atoms with Crippen LogP contribution in [0.5, 0.6) is 5.75 Å². The van der Waals surface area contributed by atoms with Crippen molar-refractivity contribution in [1.29, 1.82) is 0 Å². The summed E-state index contributed by atoms with van der Waals surface area (Å²) in [6.45, 7) is 5.71. The molecule has 0 radical (unpaired) electrons. The topological polar surface area (TPSA) is 99.2 Å². The van der Waals surface area contributed by atoms with Crippen LogP contribution in [0.2, 0.25) is 0 Å². The molecule has 33 heavy (non-hydrogen) atoms. The number of hydrogen-bond donors (Lipinski definition) is 2. The van der Waals surface area contributed by atoms with Crippen molar-refractivity contribution < 1.29 is 23.1 Å². The van der Waals surface area contributed by atoms with Gasteiger partial charge in [-0.15, -0.1) is 0 Å². The number of likely N-dealkylation sites (N-methyl/N-ethyl adjacent to an activating group) is 1. The molecule has 1 aromatic carbocycles. The minimum atomic E-state index is -3.87. The molecule has 0 bridgehead atoms. The smallest absolute Gasteiger partial charge is 0.317 e. The van der Waals surface area contributed by atoms with Gasteiger partial charge >= 0.3 is 6.03 Å². The fourth-order valence-electron chi connectivity index (χ4n) is 4.46. The highest BCUT2D eigenvalue weighted by Crippen LogP contribution is 2.34. The Bertz CT molecular complexity index is 959. The van der Waals surface area contributed by atoms with Gasteiger partial charge < -0.3 is 20.1 Å². The molecule has 8 nitrogen and oxygen atoms in total. The van der Waals surface area contributed by atoms with E-state index in [1.165, 1.54) is 4.31 Å². The number of nitrogens with one attached hydrogen (secondary N) is 1. The number of fused-ring (bicyclic) bond motifs is 1. The van der Waals surface area contributed by atoms with Gasteiger partial charge in [0.2, 0.25) is 10.0 Å². The van der Waals surface area contributed by atoms with Crippen LogP contribution in [0.25, 0.3) is 6.08 Å². The van der Waals surface area contributed by atoms with E-state index in [0.717, 1.165) is 31.2 Å². The number of aliphatic hydroxyl groups excluding tert-OH is 1. The second kappa shape index (κ2) is 10.9. The van der Waals surface area contributed by atoms with Gasteiger partial charge in [-0.2, -0.15) is 4.31 Å². The molecule has 0 saturated heterocycles. The molecule has 1 aliphatic carbocycles. The molecule has 1 heterocycles. The monoisotopic (exact) mass is 479 g/mol. The first-order valence-electron chi connectivity index (χ1n) is 11.7. The maximum absolute atomic E-state index is 13.5. The zero-order valence-corrected chi connectivity index (χ0v) is 20.8. The van der Waals surface area contributed by atoms with Gasteiger partial charge in [0.1, 0.15) is 16.7 Å². The van der Waals surface area contributed by atoms with Crippen LogP contribution in [0, 0.1) is 5.92 Å². The first-order valence-corrected chi connectivity index (χ1v) is 13.2. The zero-order valence-electron chi connectivity index (χ0n) is 20.0. The molecule has 1 fully saturated rings. The predicted molar refractivity (Wildman–Crippen MR) is 129 cm³/mol. The molecule has 184 valence electrons. The van der Waals surface area contributed by atoms with Crippen molar-refractivity contribution in [3.05, 3.63) is 29.8 Å². The molecular weight excluding hydrogens is 442 g/mol. The normalized spacial score (nSPS) is 24.5. The van der Waals surface area contributed by atoms with Gasteiger partial charge in [-0.25, -0.2) is 13.2 Å². The molecular formula is C24H37N3O5S. The number of sulfonamides is 1. The molecule has 1 aromatic rings. The van der Waals surface area contributed by atoms with Crippen molar-refractivity contribution in [3.63, 3.8) is 0 Å². The van der Waals surface area contributed by atoms with Gasteiger partial charge in [-0.3, -0.25) is 0 Å². The van der Waals surface area contributed by atoms with E-state index in [9.17, 15) is 18.3 Å². The van der Waals surface area contributed by atoms with Crippen LogP contribution in [0.4, 0.5) is 4.79 Å². The maximum atomic E-state index is 13.5. The number of hydrogen-bond acceptors (Lipinski definition) is 5. The molecule has 3 rings (SSSR count). The fraction of sp³-hybridized carbons (Fsp3) is 0.625. The van der Waals surface area contributed by atoms with E-state index in [4.69, 9.17) is 4.74 Å². The quantitative estimate of drug-likeness (QED) is 0.653. The van der Waals surface area contributed by atoms with Crippen LogP contribution >= 0.6 is 0 Å². The number of carbonyl (C=O) groups is 1. The van der Waals surface area contributed by atoms with Gasteiger partial charge in [-0.1, -0.05) is 38.0 Å². The van der Waals surface area contributed by atoms with Crippen LogP contribution in [0.15, 0.2) is 29.2 Å². The molecule has 0 aromatic heterocycles. The number of carbonyl (C=O) groups excluding carboxylic acids is 1. The Kier molecular flexibility index (Phi) is 8.42. The number of amides is 2. The summed E-state index contributed by atoms with van der Waals surface area (Å²) < 4.78 is 34.6. The van der Waals surface area contributed by atoms with E-state index in [1.54, 1.807) is 37.1 Å². The van der Waals surface area contributed by atoms with E-state index in [0.29, 0.717) is 6.54 Å². The van der Waals surface area contributed by atoms with Crippen molar-refractivity contribution >= 4 is 22.1 Å². The van der Waals surface area contributed by atoms with E-state index in [-0.39, 0.29) is 41.8 Å². The fourth-order valence-corrected chi connectivity index (χ4v) is 6.29. The molecule has 2 amide bonds. The number of nitrogens with zero attached hydrogens (tertiary/aromatic N) is 2. The van der Waals surface area contributed by atoms with E-state index in [1.807, 2.05) is 26.0 Å². The molecule has 9 heteroatoms. The van der Waals surface area contributed by atoms with Gasteiger partial charge in [0.15, 0.2) is 0 Å². The third-order valence-electron chi connectivity index (χ3n) is 6.53. The summed E-state index contributed by atoms with van der Waals surface area (Å²) >= 11 is 0. The average Bonchev–Trinajstić information content (AvgIpc) is 3.28. The summed E-state index contributed by atoms with van der Waals surface area (Å²) in [4.78, 5) is 14.4. The second-order valence-electron chi connectivity index (χ2n) is 9.26. The van der Waals surface area contributed by atoms with Crippen LogP contribution in [-0.4, -0.2) is 73.7 Å². The molecule has 2 N–H and O–H groups in total. The SMILES string of the molecule is C/C=C/c1ccc2c(c1)O[C@H](CN(C)C(=O)NC1CCCC1)[C@H](C)CN([C@@H](C)CO)S2(=O)=O. The predicted octanol–water partition coefficient (Wildman–Crippen LogP) is 3.07. The zero-order chi connectivity index (χ0) is 24.2. The van der Waals surface area contributed by atoms with Gasteiger partial charge in [0, 0.05) is 31.6 Å². The Balaban J connectivity index is 1.92. The maximum Gasteiger partial charge on any atom is 0.317 e. The summed E-state index contributed by atoms with van der Waals surface area (Å²) in [7, 11) is -2.13. The Morgan fingerprint density at radius 2 is 2.06 bits per heavy atom. The minimum Gasteiger partial charge on any atom is -0.487 e. The van der Waals surface area contributed by atoms with Crippen LogP contribution in [0.3, 0.4) is 0 Å². The van der Waals surface area contributed by atoms with Crippen molar-refractivity contribution in [1.82, 2.24) is 14.5 Å². The van der Waals surface area contributed by atoms with E-state index < -0.39 is 22.2 Å². The highest BCUT2D eigenvalue weighted by Gasteiger charge is 2.38. The van der Waals surface area contributed by atoms with Crippen molar-refractivity contribution in [2.45, 2.75) is 69.5 Å². The molecule has 0 spiro atoms. The number of urea groups is 1. The first kappa shape index (κ1) is 25.5. The van der Waals surface area contributed by atoms with Crippen molar-refractivity contribution in [2.24, 2.45) is 5.92 Å². The number of aliphatic hydroxyl groups is 1. The largest absolute Gasteiger partial charge is 0.487 e. The Morgan fingerprint density at radius 1 is 1.36 bits per heavy atom. The van der Waals surface area contributed by atoms with Gasteiger partial charge in [-0.05, 0) is 44.4 Å². The molecule has 1 saturated carbocycles. The van der Waals surface area contributed by atoms with Crippen LogP contribution in [-0.2, 0) is 10.0 Å². The Labute approximate surface area is 197 Å². The Morgan fingerprint density at radius 3 is 2.70 bits per heavy atom. The summed E-state index contributed by atoms with van der Waals surface area (Å²) in [5.41, 5.74) is 0.826. The molecule has 2 aliphatic rings. The number of rotatable bonds is 6. The summed E-state index contributed by atoms with van der Waals surface area (Å²) in [6, 6.07) is 4.51. The number of benzene rings is 1. The second-order valence-corrected chi connectivity index (χ2v) is 11.1. The summed E-state index contributed by atoms with van der Waals surface area (Å²) in [6.07, 6.45) is 7.61. The minimum absolute atomic E-state index is 0.0750. The Hall–Kier alpha value is -2.10. The lowest BCUT2D eigenvalue weighted by atomic mass is 10.0. The summed E-state index contributed by atoms with van der Waals surface area (Å²) in [5, 5.41) is 12.8. The van der Waals surface area contributed by atoms with Crippen LogP contribution in [0.1, 0.15) is 52.0 Å². The molecule has 0 unspecified atom stereocenters. The molecule has 3 atom stereocenters. The van der Waals surface area contributed by atoms with Crippen molar-refractivity contribution in [2.75, 3.05) is 26.7 Å². The number of ether oxygens (including phenoxy) is 1. The lowest BCUT2D eigenvalue weighted by Crippen LogP contribution is -2.51. The molecule has 1 aliphatic heterocycles. The third kappa shape index (κ3) is 5.88. The highest BCUT2D eigenvalue weighted by molar-refractivity contribution is 7.89. The first-order chi connectivity index (χ1) is 15.7. The van der Waals surface area contributed by atoms with E-state index in [2.05, 4.69) is 5.32 Å². The highest BCUT2D eigenvalue weighted by atomic mass is 32.2. The van der Waals surface area contributed by atoms with Crippen LogP contribution < -0.4 is 10.1 Å². The average molecular weight is 480 g/mol. The summed E-state index contributed by atoms with van der Waals surface area (Å²) in [5.74, 6) is 0.0518. The van der Waals surface area contributed by atoms with E-state index >= 15 is 0 Å². The standard InChI is InChI=1S/C24H37N3O5S/c1-5-8-19-11-12-23-21(13-19)32-22(15-26(4)24(29)25-20-9-6-7-10-20)17(2)14-27(18(3)16-28)33(23,30)31/h5,8,11-13,17-18,20,22,28H,6-7,9-10,14-16H2,1-4H3,(H,25,29)/b8-5+/t17-,18+,22-/m1/s1. The number of allylic oxidation sites excluding steroid dienone is 1. The van der Waals surface area contributed by atoms with Gasteiger partial charge in [0.05, 0.1) is 13.2 Å². The third-order valence-corrected chi connectivity index (χ3v) is 8.55. The lowest BCUT2D eigenvalue weighted by molar-refractivity contribution is 0.0808. The van der Waals surface area contributed by atoms with Crippen molar-refractivity contribution in [3.8, 4) is 5.75 Å². The van der Waals surface area contributed by atoms with Gasteiger partial charge in [0.25, 0.3) is 0 Å². The lowest BCUT2D eigenvalue weighted by Gasteiger charge is -2.37.